The van der Waals surface area contributed by atoms with Crippen LogP contribution in [-0.4, -0.2) is 70.6 Å². The summed E-state index contributed by atoms with van der Waals surface area (Å²) in [5, 5.41) is 14.2. The molecule has 0 aliphatic rings. The predicted octanol–water partition coefficient (Wildman–Crippen LogP) is 0.0982. The van der Waals surface area contributed by atoms with Crippen LogP contribution in [0.1, 0.15) is 13.8 Å². The van der Waals surface area contributed by atoms with Crippen molar-refractivity contribution < 1.29 is 5.11 Å². The van der Waals surface area contributed by atoms with Gasteiger partial charge in [0.25, 0.3) is 0 Å². The summed E-state index contributed by atoms with van der Waals surface area (Å²) in [6, 6.07) is 0.414. The fourth-order valence-electron chi connectivity index (χ4n) is 2.29. The lowest BCUT2D eigenvalue weighted by Crippen LogP contribution is -2.44. The van der Waals surface area contributed by atoms with E-state index in [-0.39, 0.29) is 0 Å². The van der Waals surface area contributed by atoms with Crippen LogP contribution in [0.3, 0.4) is 0 Å². The Labute approximate surface area is 115 Å². The van der Waals surface area contributed by atoms with E-state index in [2.05, 4.69) is 42.8 Å². The highest BCUT2D eigenvalue weighted by Gasteiger charge is 2.17. The van der Waals surface area contributed by atoms with Gasteiger partial charge in [-0.1, -0.05) is 6.92 Å². The molecule has 0 amide bonds. The molecule has 110 valence electrons. The molecule has 1 rings (SSSR count). The van der Waals surface area contributed by atoms with Gasteiger partial charge in [-0.15, -0.1) is 0 Å². The lowest BCUT2D eigenvalue weighted by Gasteiger charge is -2.31. The van der Waals surface area contributed by atoms with E-state index in [0.717, 1.165) is 13.1 Å². The van der Waals surface area contributed by atoms with Gasteiger partial charge in [0.1, 0.15) is 0 Å². The molecular weight excluding hydrogens is 242 g/mol. The van der Waals surface area contributed by atoms with Gasteiger partial charge in [0.05, 0.1) is 24.5 Å². The smallest absolute Gasteiger partial charge is 0.0862 e. The van der Waals surface area contributed by atoms with Crippen molar-refractivity contribution in [3.8, 4) is 0 Å². The van der Waals surface area contributed by atoms with Crippen LogP contribution >= 0.6 is 0 Å². The highest BCUT2D eigenvalue weighted by molar-refractivity contribution is 5.30. The Morgan fingerprint density at radius 1 is 1.42 bits per heavy atom. The Hall–Kier alpha value is -1.11. The first-order valence-electron chi connectivity index (χ1n) is 6.77. The SMILES string of the molecule is CCN(CC(O)Cn1cc(N)cn1)C(C)CN(C)C. The van der Waals surface area contributed by atoms with E-state index in [1.807, 2.05) is 0 Å². The Morgan fingerprint density at radius 3 is 2.58 bits per heavy atom. The van der Waals surface area contributed by atoms with Crippen LogP contribution in [-0.2, 0) is 6.54 Å². The summed E-state index contributed by atoms with van der Waals surface area (Å²) in [4.78, 5) is 4.44. The van der Waals surface area contributed by atoms with Crippen molar-refractivity contribution in [3.05, 3.63) is 12.4 Å². The average Bonchev–Trinajstić information content (AvgIpc) is 2.70. The minimum Gasteiger partial charge on any atom is -0.396 e. The van der Waals surface area contributed by atoms with Crippen molar-refractivity contribution in [1.29, 1.82) is 0 Å². The number of aromatic nitrogens is 2. The zero-order valence-electron chi connectivity index (χ0n) is 12.5. The van der Waals surface area contributed by atoms with Gasteiger partial charge in [0.15, 0.2) is 0 Å². The summed E-state index contributed by atoms with van der Waals surface area (Å²) in [5.41, 5.74) is 6.23. The number of nitrogens with zero attached hydrogens (tertiary/aromatic N) is 4. The van der Waals surface area contributed by atoms with E-state index in [4.69, 9.17) is 5.73 Å². The molecule has 0 saturated carbocycles. The van der Waals surface area contributed by atoms with Crippen molar-refractivity contribution in [2.75, 3.05) is 39.5 Å². The van der Waals surface area contributed by atoms with E-state index in [9.17, 15) is 5.11 Å². The van der Waals surface area contributed by atoms with Crippen LogP contribution in [0.2, 0.25) is 0 Å². The van der Waals surface area contributed by atoms with Crippen molar-refractivity contribution in [2.45, 2.75) is 32.5 Å². The monoisotopic (exact) mass is 269 g/mol. The Balaban J connectivity index is 2.46. The first kappa shape index (κ1) is 15.9. The van der Waals surface area contributed by atoms with E-state index in [1.165, 1.54) is 0 Å². The molecule has 0 aliphatic carbocycles. The zero-order chi connectivity index (χ0) is 14.4. The van der Waals surface area contributed by atoms with Gasteiger partial charge in [-0.05, 0) is 27.6 Å². The van der Waals surface area contributed by atoms with Crippen LogP contribution in [0.4, 0.5) is 5.69 Å². The molecule has 0 fully saturated rings. The van der Waals surface area contributed by atoms with E-state index in [1.54, 1.807) is 17.1 Å². The number of aliphatic hydroxyl groups is 1. The van der Waals surface area contributed by atoms with Gasteiger partial charge in [-0.2, -0.15) is 5.10 Å². The van der Waals surface area contributed by atoms with E-state index in [0.29, 0.717) is 24.8 Å². The first-order chi connectivity index (χ1) is 8.92. The number of nitrogens with two attached hydrogens (primary N) is 1. The third kappa shape index (κ3) is 5.59. The Morgan fingerprint density at radius 2 is 2.11 bits per heavy atom. The fourth-order valence-corrected chi connectivity index (χ4v) is 2.29. The molecule has 2 atom stereocenters. The second kappa shape index (κ2) is 7.47. The van der Waals surface area contributed by atoms with Crippen molar-refractivity contribution >= 4 is 5.69 Å². The third-order valence-corrected chi connectivity index (χ3v) is 3.16. The quantitative estimate of drug-likeness (QED) is 0.700. The Kier molecular flexibility index (Phi) is 6.27. The minimum absolute atomic E-state index is 0.414. The van der Waals surface area contributed by atoms with Gasteiger partial charge in [-0.25, -0.2) is 0 Å². The lowest BCUT2D eigenvalue weighted by molar-refractivity contribution is 0.0727. The highest BCUT2D eigenvalue weighted by Crippen LogP contribution is 2.05. The molecule has 19 heavy (non-hydrogen) atoms. The molecule has 0 spiro atoms. The zero-order valence-corrected chi connectivity index (χ0v) is 12.5. The lowest BCUT2D eigenvalue weighted by atomic mass is 10.2. The molecule has 0 aromatic carbocycles. The molecule has 0 bridgehead atoms. The molecule has 0 saturated heterocycles. The van der Waals surface area contributed by atoms with Crippen LogP contribution in [0.5, 0.6) is 0 Å². The number of hydrogen-bond acceptors (Lipinski definition) is 5. The van der Waals surface area contributed by atoms with Gasteiger partial charge < -0.3 is 15.7 Å². The average molecular weight is 269 g/mol. The van der Waals surface area contributed by atoms with Gasteiger partial charge >= 0.3 is 0 Å². The summed E-state index contributed by atoms with van der Waals surface area (Å²) in [7, 11) is 4.13. The molecule has 6 nitrogen and oxygen atoms in total. The van der Waals surface area contributed by atoms with Crippen molar-refractivity contribution in [1.82, 2.24) is 19.6 Å². The van der Waals surface area contributed by atoms with Gasteiger partial charge in [-0.3, -0.25) is 9.58 Å². The van der Waals surface area contributed by atoms with Crippen LogP contribution < -0.4 is 5.73 Å². The normalized spacial score (nSPS) is 15.1. The topological polar surface area (TPSA) is 70.5 Å². The van der Waals surface area contributed by atoms with Crippen LogP contribution in [0.15, 0.2) is 12.4 Å². The summed E-state index contributed by atoms with van der Waals surface area (Å²) in [6.45, 7) is 7.32. The molecule has 6 heteroatoms. The fraction of sp³-hybridized carbons (Fsp3) is 0.769. The molecule has 0 radical (unpaired) electrons. The molecule has 2 unspecified atom stereocenters. The first-order valence-corrected chi connectivity index (χ1v) is 6.77. The maximum Gasteiger partial charge on any atom is 0.0862 e. The number of nitrogen functional groups attached to an aromatic ring is 1. The predicted molar refractivity (Wildman–Crippen MR) is 77.9 cm³/mol. The summed E-state index contributed by atoms with van der Waals surface area (Å²) >= 11 is 0. The second-order valence-electron chi connectivity index (χ2n) is 5.35. The van der Waals surface area contributed by atoms with Gasteiger partial charge in [0.2, 0.25) is 0 Å². The molecule has 3 N–H and O–H groups in total. The standard InChI is InChI=1S/C13H27N5O/c1-5-17(11(2)7-16(3)4)9-13(19)10-18-8-12(14)6-15-18/h6,8,11,13,19H,5,7,9-10,14H2,1-4H3. The molecular formula is C13H27N5O. The second-order valence-corrected chi connectivity index (χ2v) is 5.35. The summed E-state index contributed by atoms with van der Waals surface area (Å²) < 4.78 is 1.68. The van der Waals surface area contributed by atoms with Gasteiger partial charge in [0, 0.05) is 25.3 Å². The number of hydrogen-bond donors (Lipinski definition) is 2. The van der Waals surface area contributed by atoms with Crippen molar-refractivity contribution in [2.24, 2.45) is 0 Å². The van der Waals surface area contributed by atoms with E-state index >= 15 is 0 Å². The van der Waals surface area contributed by atoms with E-state index < -0.39 is 6.10 Å². The number of anilines is 1. The largest absolute Gasteiger partial charge is 0.396 e. The highest BCUT2D eigenvalue weighted by atomic mass is 16.3. The maximum absolute atomic E-state index is 10.1. The number of rotatable bonds is 8. The van der Waals surface area contributed by atoms with Crippen LogP contribution in [0.25, 0.3) is 0 Å². The molecule has 1 aromatic heterocycles. The third-order valence-electron chi connectivity index (χ3n) is 3.16. The molecule has 1 aromatic rings. The number of aliphatic hydroxyl groups excluding tert-OH is 1. The molecule has 1 heterocycles. The Bertz CT molecular complexity index is 366. The minimum atomic E-state index is -0.441. The summed E-state index contributed by atoms with van der Waals surface area (Å²) in [6.07, 6.45) is 2.89. The van der Waals surface area contributed by atoms with Crippen molar-refractivity contribution in [3.63, 3.8) is 0 Å². The number of likely N-dealkylation sites (N-methyl/N-ethyl adjacent to an activating group) is 2. The van der Waals surface area contributed by atoms with Crippen LogP contribution in [0, 0.1) is 0 Å². The molecule has 0 aliphatic heterocycles. The maximum atomic E-state index is 10.1. The summed E-state index contributed by atoms with van der Waals surface area (Å²) in [5.74, 6) is 0.